The Hall–Kier alpha value is -4.26. The third kappa shape index (κ3) is 7.16. The summed E-state index contributed by atoms with van der Waals surface area (Å²) in [6.07, 6.45) is 1.36. The molecule has 4 rings (SSSR count). The number of benzene rings is 3. The molecule has 0 unspecified atom stereocenters. The highest BCUT2D eigenvalue weighted by molar-refractivity contribution is 5.93. The zero-order chi connectivity index (χ0) is 27.1. The van der Waals surface area contributed by atoms with Gasteiger partial charge in [0.15, 0.2) is 0 Å². The number of rotatable bonds is 9. The third-order valence-electron chi connectivity index (χ3n) is 5.69. The van der Waals surface area contributed by atoms with Gasteiger partial charge in [0.05, 0.1) is 19.3 Å². The zero-order valence-electron chi connectivity index (χ0n) is 22.2. The maximum Gasteiger partial charge on any atom is 0.407 e. The lowest BCUT2D eigenvalue weighted by Crippen LogP contribution is -2.32. The second kappa shape index (κ2) is 11.9. The topological polar surface area (TPSA) is 87.0 Å². The molecule has 4 aromatic rings. The molecule has 1 heterocycles. The van der Waals surface area contributed by atoms with Crippen LogP contribution in [0.5, 0.6) is 5.75 Å². The van der Waals surface area contributed by atoms with E-state index in [1.807, 2.05) is 87.5 Å². The number of amides is 1. The predicted octanol–water partition coefficient (Wildman–Crippen LogP) is 6.81. The van der Waals surface area contributed by atoms with Crippen LogP contribution in [-0.2, 0) is 33.8 Å². The molecular weight excluding hydrogens is 482 g/mol. The van der Waals surface area contributed by atoms with E-state index in [1.54, 1.807) is 13.2 Å². The van der Waals surface area contributed by atoms with Gasteiger partial charge in [-0.05, 0) is 74.7 Å². The van der Waals surface area contributed by atoms with Crippen LogP contribution in [0.1, 0.15) is 44.4 Å². The lowest BCUT2D eigenvalue weighted by atomic mass is 9.99. The van der Waals surface area contributed by atoms with Crippen molar-refractivity contribution >= 4 is 23.0 Å². The number of furan rings is 1. The highest BCUT2D eigenvalue weighted by Gasteiger charge is 2.16. The number of nitrogens with one attached hydrogen (secondary N) is 1. The van der Waals surface area contributed by atoms with Gasteiger partial charge in [-0.3, -0.25) is 4.79 Å². The first-order chi connectivity index (χ1) is 18.2. The highest BCUT2D eigenvalue weighted by Crippen LogP contribution is 2.32. The summed E-state index contributed by atoms with van der Waals surface area (Å²) in [5.41, 5.74) is 4.76. The van der Waals surface area contributed by atoms with E-state index in [4.69, 9.17) is 18.6 Å². The monoisotopic (exact) mass is 515 g/mol. The lowest BCUT2D eigenvalue weighted by Gasteiger charge is -2.19. The van der Waals surface area contributed by atoms with Gasteiger partial charge >= 0.3 is 12.1 Å². The van der Waals surface area contributed by atoms with Crippen molar-refractivity contribution in [1.82, 2.24) is 5.32 Å². The Balaban J connectivity index is 1.53. The van der Waals surface area contributed by atoms with Crippen molar-refractivity contribution in [3.63, 3.8) is 0 Å². The molecule has 0 atom stereocenters. The van der Waals surface area contributed by atoms with Gasteiger partial charge < -0.3 is 23.9 Å². The second-order valence-electron chi connectivity index (χ2n) is 9.92. The van der Waals surface area contributed by atoms with E-state index in [2.05, 4.69) is 5.32 Å². The van der Waals surface area contributed by atoms with Crippen molar-refractivity contribution < 1.29 is 28.2 Å². The molecule has 0 radical (unpaired) electrons. The Labute approximate surface area is 222 Å². The highest BCUT2D eigenvalue weighted by atomic mass is 16.6. The molecule has 1 aromatic heterocycles. The number of carbonyl (C=O) groups is 2. The number of fused-ring (bicyclic) bond motifs is 1. The van der Waals surface area contributed by atoms with Crippen LogP contribution < -0.4 is 10.1 Å². The number of alkyl carbamates (subject to hydrolysis) is 1. The van der Waals surface area contributed by atoms with Crippen LogP contribution in [0.2, 0.25) is 0 Å². The van der Waals surface area contributed by atoms with E-state index in [0.29, 0.717) is 25.5 Å². The molecular formula is C31H33NO6. The molecule has 38 heavy (non-hydrogen) atoms. The Morgan fingerprint density at radius 3 is 2.55 bits per heavy atom. The molecule has 198 valence electrons. The van der Waals surface area contributed by atoms with E-state index < -0.39 is 11.7 Å². The minimum Gasteiger partial charge on any atom is -0.489 e. The summed E-state index contributed by atoms with van der Waals surface area (Å²) in [5, 5.41) is 3.76. The molecule has 0 fully saturated rings. The molecule has 1 N–H and O–H groups in total. The number of esters is 1. The van der Waals surface area contributed by atoms with Gasteiger partial charge in [0.25, 0.3) is 0 Å². The Morgan fingerprint density at radius 1 is 0.947 bits per heavy atom. The largest absolute Gasteiger partial charge is 0.489 e. The second-order valence-corrected chi connectivity index (χ2v) is 9.92. The molecule has 3 aromatic carbocycles. The lowest BCUT2D eigenvalue weighted by molar-refractivity contribution is -0.142. The van der Waals surface area contributed by atoms with Crippen molar-refractivity contribution in [2.45, 2.75) is 52.9 Å². The maximum atomic E-state index is 12.1. The summed E-state index contributed by atoms with van der Waals surface area (Å²) in [6, 6.07) is 21.4. The third-order valence-corrected chi connectivity index (χ3v) is 5.69. The number of para-hydroxylation sites is 1. The predicted molar refractivity (Wildman–Crippen MR) is 146 cm³/mol. The minimum atomic E-state index is -0.557. The average Bonchev–Trinajstić information content (AvgIpc) is 3.34. The molecule has 0 aliphatic rings. The summed E-state index contributed by atoms with van der Waals surface area (Å²) in [5.74, 6) is 0.358. The summed E-state index contributed by atoms with van der Waals surface area (Å²) < 4.78 is 22.4. The molecule has 7 nitrogen and oxygen atoms in total. The van der Waals surface area contributed by atoms with E-state index in [9.17, 15) is 9.59 Å². The standard InChI is InChI=1S/C31H33NO6/c1-5-35-28(33)18-24-10-6-7-12-27(24)37-20-22-16-25-13-14-36-29(25)26(17-22)23-11-8-9-21(15-23)19-32-30(34)38-31(2,3)4/h6-17H,5,18-20H2,1-4H3,(H,32,34). The van der Waals surface area contributed by atoms with Crippen LogP contribution in [0.25, 0.3) is 22.1 Å². The Bertz CT molecular complexity index is 1420. The zero-order valence-corrected chi connectivity index (χ0v) is 22.2. The van der Waals surface area contributed by atoms with E-state index in [0.717, 1.165) is 38.8 Å². The van der Waals surface area contributed by atoms with Gasteiger partial charge in [-0.15, -0.1) is 0 Å². The van der Waals surface area contributed by atoms with Gasteiger partial charge in [-0.25, -0.2) is 4.79 Å². The SMILES string of the molecule is CCOC(=O)Cc1ccccc1OCc1cc(-c2cccc(CNC(=O)OC(C)(C)C)c2)c2occc2c1. The average molecular weight is 516 g/mol. The quantitative estimate of drug-likeness (QED) is 0.247. The van der Waals surface area contributed by atoms with Crippen LogP contribution >= 0.6 is 0 Å². The summed E-state index contributed by atoms with van der Waals surface area (Å²) in [7, 11) is 0. The van der Waals surface area contributed by atoms with Crippen LogP contribution in [-0.4, -0.2) is 24.3 Å². The summed E-state index contributed by atoms with van der Waals surface area (Å²) in [6.45, 7) is 8.27. The smallest absolute Gasteiger partial charge is 0.407 e. The van der Waals surface area contributed by atoms with Crippen LogP contribution in [0, 0.1) is 0 Å². The number of hydrogen-bond acceptors (Lipinski definition) is 6. The van der Waals surface area contributed by atoms with Crippen molar-refractivity contribution in [2.24, 2.45) is 0 Å². The van der Waals surface area contributed by atoms with Gasteiger partial charge in [0.1, 0.15) is 23.5 Å². The van der Waals surface area contributed by atoms with Crippen LogP contribution in [0.4, 0.5) is 4.79 Å². The van der Waals surface area contributed by atoms with Crippen LogP contribution in [0.3, 0.4) is 0 Å². The van der Waals surface area contributed by atoms with E-state index in [1.165, 1.54) is 0 Å². The van der Waals surface area contributed by atoms with Gasteiger partial charge in [0, 0.05) is 23.1 Å². The Kier molecular flexibility index (Phi) is 8.36. The molecule has 0 aliphatic heterocycles. The van der Waals surface area contributed by atoms with Gasteiger partial charge in [-0.1, -0.05) is 36.4 Å². The van der Waals surface area contributed by atoms with E-state index >= 15 is 0 Å². The number of hydrogen-bond donors (Lipinski definition) is 1. The fourth-order valence-corrected chi connectivity index (χ4v) is 4.10. The van der Waals surface area contributed by atoms with Crippen molar-refractivity contribution in [3.8, 4) is 16.9 Å². The molecule has 0 saturated carbocycles. The maximum absolute atomic E-state index is 12.1. The molecule has 0 saturated heterocycles. The molecule has 0 aliphatic carbocycles. The number of ether oxygens (including phenoxy) is 3. The minimum absolute atomic E-state index is 0.153. The molecule has 7 heteroatoms. The van der Waals surface area contributed by atoms with Crippen molar-refractivity contribution in [3.05, 3.63) is 89.7 Å². The normalized spacial score (nSPS) is 11.3. The fourth-order valence-electron chi connectivity index (χ4n) is 4.10. The summed E-state index contributed by atoms with van der Waals surface area (Å²) in [4.78, 5) is 24.1. The van der Waals surface area contributed by atoms with Crippen molar-refractivity contribution in [2.75, 3.05) is 6.61 Å². The fraction of sp³-hybridized carbons (Fsp3) is 0.290. The van der Waals surface area contributed by atoms with Crippen molar-refractivity contribution in [1.29, 1.82) is 0 Å². The first-order valence-corrected chi connectivity index (χ1v) is 12.6. The first-order valence-electron chi connectivity index (χ1n) is 12.6. The Morgan fingerprint density at radius 2 is 1.76 bits per heavy atom. The summed E-state index contributed by atoms with van der Waals surface area (Å²) >= 11 is 0. The molecule has 1 amide bonds. The number of carbonyl (C=O) groups excluding carboxylic acids is 2. The van der Waals surface area contributed by atoms with Gasteiger partial charge in [-0.2, -0.15) is 0 Å². The first kappa shape index (κ1) is 26.8. The molecule has 0 spiro atoms. The molecule has 0 bridgehead atoms. The van der Waals surface area contributed by atoms with Gasteiger partial charge in [0.2, 0.25) is 0 Å². The van der Waals surface area contributed by atoms with E-state index in [-0.39, 0.29) is 12.4 Å². The van der Waals surface area contributed by atoms with Crippen LogP contribution in [0.15, 0.2) is 77.4 Å².